The standard InChI is InChI=1S/C15H16BrFN2/c1-2-10-3-5-11(6-4-10)9-19-15-7-12(16)13(17)8-14(15)18/h3-8,19H,2,9,18H2,1H3. The molecule has 0 aliphatic heterocycles. The molecule has 19 heavy (non-hydrogen) atoms. The largest absolute Gasteiger partial charge is 0.397 e. The number of benzene rings is 2. The van der Waals surface area contributed by atoms with Crippen LogP contribution in [0.2, 0.25) is 0 Å². The Morgan fingerprint density at radius 1 is 1.16 bits per heavy atom. The number of nitrogens with one attached hydrogen (secondary N) is 1. The van der Waals surface area contributed by atoms with E-state index < -0.39 is 0 Å². The van der Waals surface area contributed by atoms with Gasteiger partial charge < -0.3 is 11.1 Å². The number of anilines is 2. The number of aryl methyl sites for hydroxylation is 1. The van der Waals surface area contributed by atoms with Gasteiger partial charge in [0.1, 0.15) is 5.82 Å². The van der Waals surface area contributed by atoms with E-state index >= 15 is 0 Å². The van der Waals surface area contributed by atoms with E-state index in [0.29, 0.717) is 16.7 Å². The highest BCUT2D eigenvalue weighted by atomic mass is 79.9. The van der Waals surface area contributed by atoms with Gasteiger partial charge in [-0.2, -0.15) is 0 Å². The van der Waals surface area contributed by atoms with Crippen molar-refractivity contribution in [1.82, 2.24) is 0 Å². The van der Waals surface area contributed by atoms with Crippen molar-refractivity contribution in [2.45, 2.75) is 19.9 Å². The Bertz CT molecular complexity index is 567. The summed E-state index contributed by atoms with van der Waals surface area (Å²) >= 11 is 3.15. The fraction of sp³-hybridized carbons (Fsp3) is 0.200. The molecule has 0 aliphatic rings. The van der Waals surface area contributed by atoms with E-state index in [1.807, 2.05) is 0 Å². The van der Waals surface area contributed by atoms with Gasteiger partial charge in [-0.1, -0.05) is 31.2 Å². The topological polar surface area (TPSA) is 38.0 Å². The summed E-state index contributed by atoms with van der Waals surface area (Å²) in [6, 6.07) is 11.4. The summed E-state index contributed by atoms with van der Waals surface area (Å²) in [4.78, 5) is 0. The lowest BCUT2D eigenvalue weighted by molar-refractivity contribution is 0.622. The smallest absolute Gasteiger partial charge is 0.139 e. The first-order valence-electron chi connectivity index (χ1n) is 6.16. The summed E-state index contributed by atoms with van der Waals surface area (Å²) in [5.41, 5.74) is 9.39. The molecule has 0 aliphatic carbocycles. The van der Waals surface area contributed by atoms with Crippen LogP contribution in [0.1, 0.15) is 18.1 Å². The molecule has 0 unspecified atom stereocenters. The van der Waals surface area contributed by atoms with Crippen molar-refractivity contribution in [3.8, 4) is 0 Å². The first kappa shape index (κ1) is 13.9. The SMILES string of the molecule is CCc1ccc(CNc2cc(Br)c(F)cc2N)cc1. The van der Waals surface area contributed by atoms with Gasteiger partial charge in [0, 0.05) is 12.6 Å². The van der Waals surface area contributed by atoms with Crippen molar-refractivity contribution in [1.29, 1.82) is 0 Å². The molecule has 4 heteroatoms. The van der Waals surface area contributed by atoms with E-state index in [9.17, 15) is 4.39 Å². The van der Waals surface area contributed by atoms with Crippen LogP contribution in [0, 0.1) is 5.82 Å². The van der Waals surface area contributed by atoms with Gasteiger partial charge in [0.05, 0.1) is 15.8 Å². The van der Waals surface area contributed by atoms with Gasteiger partial charge in [0.2, 0.25) is 0 Å². The van der Waals surface area contributed by atoms with Crippen molar-refractivity contribution < 1.29 is 4.39 Å². The van der Waals surface area contributed by atoms with E-state index in [4.69, 9.17) is 5.73 Å². The summed E-state index contributed by atoms with van der Waals surface area (Å²) < 4.78 is 13.7. The summed E-state index contributed by atoms with van der Waals surface area (Å²) in [5.74, 6) is -0.352. The number of nitrogens with two attached hydrogens (primary N) is 1. The van der Waals surface area contributed by atoms with Crippen molar-refractivity contribution >= 4 is 27.3 Å². The molecule has 2 aromatic rings. The quantitative estimate of drug-likeness (QED) is 0.821. The van der Waals surface area contributed by atoms with Crippen molar-refractivity contribution in [3.63, 3.8) is 0 Å². The van der Waals surface area contributed by atoms with Gasteiger partial charge in [-0.25, -0.2) is 4.39 Å². The Morgan fingerprint density at radius 2 is 1.79 bits per heavy atom. The van der Waals surface area contributed by atoms with Gasteiger partial charge in [-0.15, -0.1) is 0 Å². The van der Waals surface area contributed by atoms with Gasteiger partial charge >= 0.3 is 0 Å². The molecular weight excluding hydrogens is 307 g/mol. The van der Waals surface area contributed by atoms with Crippen molar-refractivity contribution in [2.75, 3.05) is 11.1 Å². The average molecular weight is 323 g/mol. The molecule has 2 aromatic carbocycles. The summed E-state index contributed by atoms with van der Waals surface area (Å²) in [6.07, 6.45) is 1.03. The monoisotopic (exact) mass is 322 g/mol. The van der Waals surface area contributed by atoms with Crippen LogP contribution in [0.4, 0.5) is 15.8 Å². The summed E-state index contributed by atoms with van der Waals surface area (Å²) in [7, 11) is 0. The molecule has 0 bridgehead atoms. The molecule has 0 fully saturated rings. The Balaban J connectivity index is 2.07. The minimum Gasteiger partial charge on any atom is -0.397 e. The molecule has 0 heterocycles. The number of hydrogen-bond donors (Lipinski definition) is 2. The Labute approximate surface area is 121 Å². The fourth-order valence-electron chi connectivity index (χ4n) is 1.81. The zero-order valence-electron chi connectivity index (χ0n) is 10.7. The summed E-state index contributed by atoms with van der Waals surface area (Å²) in [6.45, 7) is 2.79. The number of hydrogen-bond acceptors (Lipinski definition) is 2. The third-order valence-corrected chi connectivity index (χ3v) is 3.61. The average Bonchev–Trinajstić information content (AvgIpc) is 2.42. The van der Waals surface area contributed by atoms with Crippen LogP contribution in [-0.2, 0) is 13.0 Å². The highest BCUT2D eigenvalue weighted by Gasteiger charge is 2.05. The first-order chi connectivity index (χ1) is 9.10. The second-order valence-corrected chi connectivity index (χ2v) is 5.23. The predicted octanol–water partition coefficient (Wildman–Crippen LogP) is 4.34. The Hall–Kier alpha value is -1.55. The van der Waals surface area contributed by atoms with E-state index in [0.717, 1.165) is 17.7 Å². The molecule has 0 atom stereocenters. The lowest BCUT2D eigenvalue weighted by Crippen LogP contribution is -2.03. The molecule has 2 nitrogen and oxygen atoms in total. The Morgan fingerprint density at radius 3 is 2.42 bits per heavy atom. The molecular formula is C15H16BrFN2. The zero-order valence-corrected chi connectivity index (χ0v) is 12.3. The highest BCUT2D eigenvalue weighted by Crippen LogP contribution is 2.27. The highest BCUT2D eigenvalue weighted by molar-refractivity contribution is 9.10. The van der Waals surface area contributed by atoms with Crippen LogP contribution in [0.5, 0.6) is 0 Å². The van der Waals surface area contributed by atoms with Crippen LogP contribution in [-0.4, -0.2) is 0 Å². The third kappa shape index (κ3) is 3.47. The summed E-state index contributed by atoms with van der Waals surface area (Å²) in [5, 5.41) is 3.21. The van der Waals surface area contributed by atoms with E-state index in [2.05, 4.69) is 52.4 Å². The van der Waals surface area contributed by atoms with Crippen LogP contribution >= 0.6 is 15.9 Å². The van der Waals surface area contributed by atoms with E-state index in [1.165, 1.54) is 11.6 Å². The lowest BCUT2D eigenvalue weighted by Gasteiger charge is -2.11. The lowest BCUT2D eigenvalue weighted by atomic mass is 10.1. The molecule has 0 saturated carbocycles. The number of halogens is 2. The van der Waals surface area contributed by atoms with Crippen molar-refractivity contribution in [2.24, 2.45) is 0 Å². The molecule has 100 valence electrons. The molecule has 0 saturated heterocycles. The maximum atomic E-state index is 13.3. The molecule has 0 aromatic heterocycles. The normalized spacial score (nSPS) is 10.5. The fourth-order valence-corrected chi connectivity index (χ4v) is 2.15. The van der Waals surface area contributed by atoms with Crippen LogP contribution in [0.25, 0.3) is 0 Å². The predicted molar refractivity (Wildman–Crippen MR) is 81.7 cm³/mol. The van der Waals surface area contributed by atoms with Crippen LogP contribution < -0.4 is 11.1 Å². The second kappa shape index (κ2) is 6.06. The van der Waals surface area contributed by atoms with Crippen LogP contribution in [0.15, 0.2) is 40.9 Å². The first-order valence-corrected chi connectivity index (χ1v) is 6.95. The molecule has 0 spiro atoms. The van der Waals surface area contributed by atoms with Crippen LogP contribution in [0.3, 0.4) is 0 Å². The second-order valence-electron chi connectivity index (χ2n) is 4.38. The van der Waals surface area contributed by atoms with Gasteiger partial charge in [0.15, 0.2) is 0 Å². The molecule has 3 N–H and O–H groups in total. The minimum atomic E-state index is -0.352. The molecule has 0 amide bonds. The minimum absolute atomic E-state index is 0.352. The zero-order chi connectivity index (χ0) is 13.8. The number of nitrogen functional groups attached to an aromatic ring is 1. The maximum absolute atomic E-state index is 13.3. The molecule has 0 radical (unpaired) electrons. The van der Waals surface area contributed by atoms with Gasteiger partial charge in [-0.05, 0) is 39.5 Å². The van der Waals surface area contributed by atoms with E-state index in [-0.39, 0.29) is 5.82 Å². The number of rotatable bonds is 4. The third-order valence-electron chi connectivity index (χ3n) is 3.01. The van der Waals surface area contributed by atoms with Crippen molar-refractivity contribution in [3.05, 3.63) is 57.8 Å². The van der Waals surface area contributed by atoms with E-state index in [1.54, 1.807) is 6.07 Å². The molecule has 2 rings (SSSR count). The Kier molecular flexibility index (Phi) is 4.43. The van der Waals surface area contributed by atoms with Gasteiger partial charge in [-0.3, -0.25) is 0 Å². The maximum Gasteiger partial charge on any atom is 0.139 e. The van der Waals surface area contributed by atoms with Gasteiger partial charge in [0.25, 0.3) is 0 Å².